The maximum absolute atomic E-state index is 13.4. The average molecular weight is 523 g/mol. The number of hydrogen-bond acceptors (Lipinski definition) is 11. The molecule has 0 radical (unpaired) electrons. The van der Waals surface area contributed by atoms with Gasteiger partial charge in [-0.15, -0.1) is 15.3 Å². The summed E-state index contributed by atoms with van der Waals surface area (Å²) in [7, 11) is -3.90. The number of carbonyl (C=O) groups excluding carboxylic acids is 1. The van der Waals surface area contributed by atoms with Gasteiger partial charge in [-0.3, -0.25) is 4.79 Å². The number of carbonyl (C=O) groups is 1. The molecule has 0 bridgehead atoms. The van der Waals surface area contributed by atoms with Gasteiger partial charge < -0.3 is 19.6 Å². The van der Waals surface area contributed by atoms with E-state index in [1.165, 1.54) is 10.7 Å². The van der Waals surface area contributed by atoms with Crippen LogP contribution < -0.4 is 9.62 Å². The predicted octanol–water partition coefficient (Wildman–Crippen LogP) is -0.110. The molecule has 2 saturated heterocycles. The molecule has 1 aromatic carbocycles. The van der Waals surface area contributed by atoms with E-state index in [0.29, 0.717) is 72.7 Å². The van der Waals surface area contributed by atoms with E-state index < -0.39 is 15.6 Å². The van der Waals surface area contributed by atoms with Crippen molar-refractivity contribution in [3.05, 3.63) is 17.1 Å². The van der Waals surface area contributed by atoms with Crippen LogP contribution in [0.25, 0.3) is 16.2 Å². The van der Waals surface area contributed by atoms with Crippen LogP contribution in [0.3, 0.4) is 0 Å². The van der Waals surface area contributed by atoms with E-state index in [-0.39, 0.29) is 17.4 Å². The van der Waals surface area contributed by atoms with Crippen LogP contribution in [0.4, 0.5) is 5.69 Å². The molecule has 0 unspecified atom stereocenters. The average Bonchev–Trinajstić information content (AvgIpc) is 3.48. The minimum Gasteiger partial charge on any atom is -0.389 e. The number of benzene rings is 1. The Morgan fingerprint density at radius 1 is 1.20 bits per heavy atom. The summed E-state index contributed by atoms with van der Waals surface area (Å²) in [6, 6.07) is 3.12. The standard InChI is InChI=1S/C20H26N8O5S2/c1-3-17(30)27-6-4-26(5-7-27)14-8-13(35(31,32)24-20(2)11-33-12-20)9-15-18(14)22-25-28(15)19-23-21-16(10-29)34-19/h8-9,24,29H,3-7,10-12H2,1-2H3. The van der Waals surface area contributed by atoms with Gasteiger partial charge in [0.05, 0.1) is 35.9 Å². The zero-order chi connectivity index (χ0) is 24.8. The zero-order valence-corrected chi connectivity index (χ0v) is 21.0. The van der Waals surface area contributed by atoms with Crippen LogP contribution in [0, 0.1) is 0 Å². The number of rotatable bonds is 7. The molecule has 1 amide bonds. The Balaban J connectivity index is 1.58. The number of aromatic nitrogens is 5. The second-order valence-corrected chi connectivity index (χ2v) is 11.6. The first-order chi connectivity index (χ1) is 16.7. The number of anilines is 1. The molecule has 3 aromatic rings. The second-order valence-electron chi connectivity index (χ2n) is 8.83. The van der Waals surface area contributed by atoms with Crippen molar-refractivity contribution in [2.75, 3.05) is 44.3 Å². The third-order valence-electron chi connectivity index (χ3n) is 6.09. The van der Waals surface area contributed by atoms with Crippen molar-refractivity contribution >= 4 is 44.0 Å². The fourth-order valence-electron chi connectivity index (χ4n) is 4.18. The van der Waals surface area contributed by atoms with E-state index in [1.54, 1.807) is 13.0 Å². The number of aliphatic hydroxyl groups excluding tert-OH is 1. The fourth-order valence-corrected chi connectivity index (χ4v) is 6.26. The van der Waals surface area contributed by atoms with E-state index in [9.17, 15) is 18.3 Å². The molecule has 2 fully saturated rings. The Bertz CT molecular complexity index is 1360. The summed E-state index contributed by atoms with van der Waals surface area (Å²) in [4.78, 5) is 16.0. The number of ether oxygens (including phenoxy) is 1. The van der Waals surface area contributed by atoms with E-state index in [2.05, 4.69) is 25.2 Å². The van der Waals surface area contributed by atoms with Crippen molar-refractivity contribution < 1.29 is 23.1 Å². The molecule has 2 aromatic heterocycles. The Morgan fingerprint density at radius 2 is 1.94 bits per heavy atom. The summed E-state index contributed by atoms with van der Waals surface area (Å²) < 4.78 is 36.1. The van der Waals surface area contributed by atoms with E-state index in [4.69, 9.17) is 4.74 Å². The minimum atomic E-state index is -3.90. The first-order valence-corrected chi connectivity index (χ1v) is 13.5. The molecule has 2 aliphatic rings. The van der Waals surface area contributed by atoms with Gasteiger partial charge in [0, 0.05) is 32.6 Å². The van der Waals surface area contributed by atoms with Gasteiger partial charge >= 0.3 is 0 Å². The Morgan fingerprint density at radius 3 is 2.54 bits per heavy atom. The van der Waals surface area contributed by atoms with Gasteiger partial charge in [0.25, 0.3) is 0 Å². The molecular weight excluding hydrogens is 496 g/mol. The summed E-state index contributed by atoms with van der Waals surface area (Å²) in [6.45, 7) is 6.08. The van der Waals surface area contributed by atoms with Crippen molar-refractivity contribution in [2.45, 2.75) is 37.3 Å². The third kappa shape index (κ3) is 4.49. The maximum atomic E-state index is 13.4. The largest absolute Gasteiger partial charge is 0.389 e. The van der Waals surface area contributed by atoms with Gasteiger partial charge in [-0.25, -0.2) is 13.1 Å². The number of nitrogens with zero attached hydrogens (tertiary/aromatic N) is 7. The van der Waals surface area contributed by atoms with Gasteiger partial charge in [-0.2, -0.15) is 4.68 Å². The van der Waals surface area contributed by atoms with Crippen molar-refractivity contribution in [1.29, 1.82) is 0 Å². The lowest BCUT2D eigenvalue weighted by Gasteiger charge is -2.38. The van der Waals surface area contributed by atoms with Crippen molar-refractivity contribution in [1.82, 2.24) is 34.8 Å². The lowest BCUT2D eigenvalue weighted by atomic mass is 10.0. The van der Waals surface area contributed by atoms with Crippen LogP contribution >= 0.6 is 11.3 Å². The lowest BCUT2D eigenvalue weighted by molar-refractivity contribution is -0.131. The van der Waals surface area contributed by atoms with Gasteiger partial charge in [0.2, 0.25) is 21.1 Å². The number of hydrogen-bond donors (Lipinski definition) is 2. The fraction of sp³-hybridized carbons (Fsp3) is 0.550. The minimum absolute atomic E-state index is 0.0654. The van der Waals surface area contributed by atoms with Crippen LogP contribution in [0.2, 0.25) is 0 Å². The normalized spacial score (nSPS) is 18.1. The molecular formula is C20H26N8O5S2. The van der Waals surface area contributed by atoms with E-state index in [1.807, 2.05) is 16.7 Å². The quantitative estimate of drug-likeness (QED) is 0.429. The van der Waals surface area contributed by atoms with E-state index >= 15 is 0 Å². The molecule has 0 atom stereocenters. The molecule has 188 valence electrons. The number of sulfonamides is 1. The first kappa shape index (κ1) is 24.0. The molecule has 5 rings (SSSR count). The predicted molar refractivity (Wildman–Crippen MR) is 127 cm³/mol. The molecule has 0 aliphatic carbocycles. The summed E-state index contributed by atoms with van der Waals surface area (Å²) in [5.41, 5.74) is 0.900. The number of fused-ring (bicyclic) bond motifs is 1. The van der Waals surface area contributed by atoms with Crippen LogP contribution in [0.15, 0.2) is 17.0 Å². The van der Waals surface area contributed by atoms with Gasteiger partial charge in [-0.05, 0) is 19.1 Å². The molecule has 13 nitrogen and oxygen atoms in total. The first-order valence-electron chi connectivity index (χ1n) is 11.2. The highest BCUT2D eigenvalue weighted by molar-refractivity contribution is 7.89. The van der Waals surface area contributed by atoms with Crippen LogP contribution in [0.1, 0.15) is 25.3 Å². The van der Waals surface area contributed by atoms with Crippen LogP contribution in [-0.2, 0) is 26.2 Å². The third-order valence-corrected chi connectivity index (χ3v) is 8.59. The zero-order valence-electron chi connectivity index (χ0n) is 19.3. The molecule has 15 heteroatoms. The Kier molecular flexibility index (Phi) is 6.21. The molecule has 35 heavy (non-hydrogen) atoms. The molecule has 2 N–H and O–H groups in total. The van der Waals surface area contributed by atoms with Gasteiger partial charge in [0.15, 0.2) is 0 Å². The van der Waals surface area contributed by atoms with Crippen LogP contribution in [-0.4, -0.2) is 94.5 Å². The van der Waals surface area contributed by atoms with Crippen LogP contribution in [0.5, 0.6) is 0 Å². The van der Waals surface area contributed by atoms with Gasteiger partial charge in [-0.1, -0.05) is 23.5 Å². The summed E-state index contributed by atoms with van der Waals surface area (Å²) >= 11 is 1.14. The number of piperazine rings is 1. The molecule has 4 heterocycles. The monoisotopic (exact) mass is 522 g/mol. The summed E-state index contributed by atoms with van der Waals surface area (Å²) in [5, 5.41) is 26.7. The van der Waals surface area contributed by atoms with Gasteiger partial charge in [0.1, 0.15) is 16.0 Å². The second kappa shape index (κ2) is 9.05. The highest BCUT2D eigenvalue weighted by Gasteiger charge is 2.38. The van der Waals surface area contributed by atoms with Crippen molar-refractivity contribution in [2.24, 2.45) is 0 Å². The highest BCUT2D eigenvalue weighted by atomic mass is 32.2. The SMILES string of the molecule is CCC(=O)N1CCN(c2cc(S(=O)(=O)NC3(C)COC3)cc3c2nnn3-c2nnc(CO)s2)CC1. The summed E-state index contributed by atoms with van der Waals surface area (Å²) in [6.07, 6.45) is 0.443. The smallest absolute Gasteiger partial charge is 0.241 e. The Hall–Kier alpha value is -2.72. The topological polar surface area (TPSA) is 156 Å². The summed E-state index contributed by atoms with van der Waals surface area (Å²) in [5.74, 6) is 0.0909. The van der Waals surface area contributed by atoms with Crippen molar-refractivity contribution in [3.8, 4) is 5.13 Å². The lowest BCUT2D eigenvalue weighted by Crippen LogP contribution is -2.59. The Labute approximate surface area is 205 Å². The number of nitrogens with one attached hydrogen (secondary N) is 1. The highest BCUT2D eigenvalue weighted by Crippen LogP contribution is 2.32. The van der Waals surface area contributed by atoms with Crippen molar-refractivity contribution in [3.63, 3.8) is 0 Å². The number of aliphatic hydroxyl groups is 1. The van der Waals surface area contributed by atoms with E-state index in [0.717, 1.165) is 11.3 Å². The molecule has 2 aliphatic heterocycles. The maximum Gasteiger partial charge on any atom is 0.241 e. The molecule has 0 spiro atoms. The molecule has 0 saturated carbocycles. The number of amides is 1.